The molecule has 0 aromatic rings. The topological polar surface area (TPSA) is 38.5 Å². The van der Waals surface area contributed by atoms with E-state index in [-0.39, 0.29) is 11.2 Å². The first-order valence-corrected chi connectivity index (χ1v) is 6.41. The average molecular weight is 226 g/mol. The largest absolute Gasteiger partial charge is 0.368 e. The van der Waals surface area contributed by atoms with Crippen LogP contribution in [0.15, 0.2) is 0 Å². The normalized spacial score (nSPS) is 42.8. The van der Waals surface area contributed by atoms with Crippen molar-refractivity contribution in [2.24, 2.45) is 11.7 Å². The first-order chi connectivity index (χ1) is 7.21. The van der Waals surface area contributed by atoms with Gasteiger partial charge in [0.15, 0.2) is 0 Å². The monoisotopic (exact) mass is 226 g/mol. The zero-order chi connectivity index (χ0) is 12.1. The molecule has 0 aliphatic carbocycles. The zero-order valence-electron chi connectivity index (χ0n) is 11.3. The maximum Gasteiger partial charge on any atom is 0.0789 e. The van der Waals surface area contributed by atoms with Crippen LogP contribution in [0.4, 0.5) is 0 Å². The number of hydrogen-bond acceptors (Lipinski definition) is 3. The molecule has 0 spiro atoms. The van der Waals surface area contributed by atoms with Gasteiger partial charge in [-0.2, -0.15) is 0 Å². The van der Waals surface area contributed by atoms with Gasteiger partial charge in [-0.3, -0.25) is 4.90 Å². The van der Waals surface area contributed by atoms with Gasteiger partial charge < -0.3 is 10.5 Å². The van der Waals surface area contributed by atoms with Crippen molar-refractivity contribution in [3.8, 4) is 0 Å². The van der Waals surface area contributed by atoms with Crippen LogP contribution in [-0.2, 0) is 4.74 Å². The number of likely N-dealkylation sites (tertiary alicyclic amines) is 1. The zero-order valence-corrected chi connectivity index (χ0v) is 11.3. The molecule has 0 saturated carbocycles. The summed E-state index contributed by atoms with van der Waals surface area (Å²) in [5, 5.41) is 0. The summed E-state index contributed by atoms with van der Waals surface area (Å²) in [7, 11) is 0. The van der Waals surface area contributed by atoms with Gasteiger partial charge in [0.1, 0.15) is 0 Å². The van der Waals surface area contributed by atoms with Crippen LogP contribution >= 0.6 is 0 Å². The molecular weight excluding hydrogens is 200 g/mol. The van der Waals surface area contributed by atoms with E-state index in [1.165, 1.54) is 0 Å². The summed E-state index contributed by atoms with van der Waals surface area (Å²) in [6.07, 6.45) is 1.11. The average Bonchev–Trinajstić information content (AvgIpc) is 2.50. The highest BCUT2D eigenvalue weighted by molar-refractivity contribution is 5.02. The molecule has 2 N–H and O–H groups in total. The highest BCUT2D eigenvalue weighted by Gasteiger charge is 2.50. The smallest absolute Gasteiger partial charge is 0.0789 e. The molecular formula is C13H26N2O. The SMILES string of the molecule is CC1CN(C2CC(C)(C)OC2(C)C)CC1N. The lowest BCUT2D eigenvalue weighted by Crippen LogP contribution is -2.46. The molecule has 3 heteroatoms. The lowest BCUT2D eigenvalue weighted by atomic mass is 9.93. The molecule has 0 aromatic heterocycles. The van der Waals surface area contributed by atoms with E-state index in [1.54, 1.807) is 0 Å². The van der Waals surface area contributed by atoms with Crippen LogP contribution in [0.3, 0.4) is 0 Å². The number of ether oxygens (including phenoxy) is 1. The molecule has 3 nitrogen and oxygen atoms in total. The maximum absolute atomic E-state index is 6.15. The van der Waals surface area contributed by atoms with Crippen molar-refractivity contribution in [3.05, 3.63) is 0 Å². The van der Waals surface area contributed by atoms with E-state index in [0.717, 1.165) is 19.5 Å². The molecule has 3 unspecified atom stereocenters. The second kappa shape index (κ2) is 3.69. The predicted octanol–water partition coefficient (Wildman–Crippen LogP) is 1.61. The molecule has 2 aliphatic heterocycles. The van der Waals surface area contributed by atoms with E-state index < -0.39 is 0 Å². The molecule has 16 heavy (non-hydrogen) atoms. The molecule has 2 saturated heterocycles. The molecule has 2 rings (SSSR count). The third-order valence-corrected chi connectivity index (χ3v) is 4.17. The molecule has 0 aromatic carbocycles. The molecule has 2 heterocycles. The lowest BCUT2D eigenvalue weighted by Gasteiger charge is -2.33. The second-order valence-electron chi connectivity index (χ2n) is 6.78. The summed E-state index contributed by atoms with van der Waals surface area (Å²) >= 11 is 0. The number of hydrogen-bond donors (Lipinski definition) is 1. The van der Waals surface area contributed by atoms with Gasteiger partial charge in [-0.15, -0.1) is 0 Å². The van der Waals surface area contributed by atoms with Gasteiger partial charge in [0.25, 0.3) is 0 Å². The van der Waals surface area contributed by atoms with Gasteiger partial charge in [-0.25, -0.2) is 0 Å². The van der Waals surface area contributed by atoms with Crippen LogP contribution in [0, 0.1) is 5.92 Å². The van der Waals surface area contributed by atoms with Crippen LogP contribution in [0.5, 0.6) is 0 Å². The van der Waals surface area contributed by atoms with Crippen molar-refractivity contribution >= 4 is 0 Å². The van der Waals surface area contributed by atoms with Crippen molar-refractivity contribution in [1.29, 1.82) is 0 Å². The summed E-state index contributed by atoms with van der Waals surface area (Å²) in [5.74, 6) is 0.611. The van der Waals surface area contributed by atoms with Gasteiger partial charge in [0.2, 0.25) is 0 Å². The van der Waals surface area contributed by atoms with Gasteiger partial charge in [0, 0.05) is 25.2 Å². The molecule has 2 aliphatic rings. The van der Waals surface area contributed by atoms with E-state index in [4.69, 9.17) is 10.5 Å². The van der Waals surface area contributed by atoms with E-state index in [9.17, 15) is 0 Å². The molecule has 94 valence electrons. The molecule has 0 bridgehead atoms. The standard InChI is InChI=1S/C13H26N2O/c1-9-7-15(8-10(9)14)11-6-12(2,3)16-13(11,4)5/h9-11H,6-8,14H2,1-5H3. The summed E-state index contributed by atoms with van der Waals surface area (Å²) < 4.78 is 6.15. The third kappa shape index (κ3) is 2.13. The van der Waals surface area contributed by atoms with Crippen molar-refractivity contribution < 1.29 is 4.74 Å². The Balaban J connectivity index is 2.11. The van der Waals surface area contributed by atoms with Gasteiger partial charge in [-0.05, 0) is 40.0 Å². The summed E-state index contributed by atoms with van der Waals surface area (Å²) in [6, 6.07) is 0.845. The Hall–Kier alpha value is -0.120. The van der Waals surface area contributed by atoms with Gasteiger partial charge in [-0.1, -0.05) is 6.92 Å². The van der Waals surface area contributed by atoms with Crippen LogP contribution in [-0.4, -0.2) is 41.3 Å². The highest BCUT2D eigenvalue weighted by atomic mass is 16.5. The Morgan fingerprint density at radius 2 is 1.81 bits per heavy atom. The fraction of sp³-hybridized carbons (Fsp3) is 1.00. The van der Waals surface area contributed by atoms with E-state index >= 15 is 0 Å². The van der Waals surface area contributed by atoms with Crippen LogP contribution < -0.4 is 5.73 Å². The van der Waals surface area contributed by atoms with Crippen molar-refractivity contribution in [2.45, 2.75) is 64.3 Å². The second-order valence-corrected chi connectivity index (χ2v) is 6.78. The number of rotatable bonds is 1. The Morgan fingerprint density at radius 3 is 2.19 bits per heavy atom. The molecule has 0 radical (unpaired) electrons. The van der Waals surface area contributed by atoms with Gasteiger partial charge >= 0.3 is 0 Å². The summed E-state index contributed by atoms with van der Waals surface area (Å²) in [5.41, 5.74) is 6.07. The Kier molecular flexibility index (Phi) is 2.84. The maximum atomic E-state index is 6.15. The summed E-state index contributed by atoms with van der Waals surface area (Å²) in [6.45, 7) is 13.2. The van der Waals surface area contributed by atoms with Crippen molar-refractivity contribution in [2.75, 3.05) is 13.1 Å². The Labute approximate surface area is 99.3 Å². The first kappa shape index (κ1) is 12.3. The van der Waals surface area contributed by atoms with Crippen LogP contribution in [0.2, 0.25) is 0 Å². The van der Waals surface area contributed by atoms with Gasteiger partial charge in [0.05, 0.1) is 11.2 Å². The Morgan fingerprint density at radius 1 is 1.19 bits per heavy atom. The minimum atomic E-state index is -0.0483. The minimum absolute atomic E-state index is 0.00406. The van der Waals surface area contributed by atoms with Crippen LogP contribution in [0.1, 0.15) is 41.0 Å². The molecule has 2 fully saturated rings. The quantitative estimate of drug-likeness (QED) is 0.738. The van der Waals surface area contributed by atoms with E-state index in [2.05, 4.69) is 39.5 Å². The minimum Gasteiger partial charge on any atom is -0.368 e. The Bertz CT molecular complexity index is 265. The van der Waals surface area contributed by atoms with Crippen molar-refractivity contribution in [1.82, 2.24) is 4.90 Å². The first-order valence-electron chi connectivity index (χ1n) is 6.41. The highest BCUT2D eigenvalue weighted by Crippen LogP contribution is 2.41. The number of nitrogens with zero attached hydrogens (tertiary/aromatic N) is 1. The predicted molar refractivity (Wildman–Crippen MR) is 66.4 cm³/mol. The molecule has 3 atom stereocenters. The third-order valence-electron chi connectivity index (χ3n) is 4.17. The number of nitrogens with two attached hydrogens (primary N) is 1. The molecule has 0 amide bonds. The van der Waals surface area contributed by atoms with E-state index in [1.807, 2.05) is 0 Å². The van der Waals surface area contributed by atoms with E-state index in [0.29, 0.717) is 18.0 Å². The van der Waals surface area contributed by atoms with Crippen LogP contribution in [0.25, 0.3) is 0 Å². The van der Waals surface area contributed by atoms with Crippen molar-refractivity contribution in [3.63, 3.8) is 0 Å². The summed E-state index contributed by atoms with van der Waals surface area (Å²) in [4.78, 5) is 2.53. The fourth-order valence-corrected chi connectivity index (χ4v) is 3.39. The lowest BCUT2D eigenvalue weighted by molar-refractivity contribution is -0.0790. The fourth-order valence-electron chi connectivity index (χ4n) is 3.39.